The minimum atomic E-state index is -0.364. The minimum Gasteiger partial charge on any atom is -0.497 e. The fraction of sp³-hybridized carbons (Fsp3) is 0.464. The van der Waals surface area contributed by atoms with Crippen LogP contribution in [0.15, 0.2) is 36.4 Å². The molecule has 1 N–H and O–H groups in total. The van der Waals surface area contributed by atoms with Crippen molar-refractivity contribution in [1.29, 1.82) is 0 Å². The first-order chi connectivity index (χ1) is 17.5. The summed E-state index contributed by atoms with van der Waals surface area (Å²) in [6, 6.07) is 11.1. The summed E-state index contributed by atoms with van der Waals surface area (Å²) in [6.45, 7) is 6.44. The summed E-state index contributed by atoms with van der Waals surface area (Å²) in [7, 11) is 1.50. The molecule has 3 heterocycles. The van der Waals surface area contributed by atoms with Crippen molar-refractivity contribution in [3.63, 3.8) is 0 Å². The molecule has 8 heteroatoms. The smallest absolute Gasteiger partial charge is 0.226 e. The third-order valence-electron chi connectivity index (χ3n) is 7.44. The standard InChI is InChI=1S/C28H34FN5O2/c1-19-24-17-21(31-27(35)10-6-20-5-8-23(36-2)18-25(20)29)7-9-26(24)32-28(30-19)34-15-11-22(12-16-34)33-13-3-4-14-33/h5,7-9,17-18,22H,3-4,6,10-16H2,1-2H3,(H,31,35). The van der Waals surface area contributed by atoms with Gasteiger partial charge in [0.15, 0.2) is 0 Å². The van der Waals surface area contributed by atoms with Gasteiger partial charge in [-0.25, -0.2) is 14.4 Å². The Morgan fingerprint density at radius 3 is 2.58 bits per heavy atom. The van der Waals surface area contributed by atoms with Gasteiger partial charge in [-0.15, -0.1) is 0 Å². The van der Waals surface area contributed by atoms with Gasteiger partial charge in [0.1, 0.15) is 11.6 Å². The van der Waals surface area contributed by atoms with Gasteiger partial charge in [0.05, 0.1) is 18.3 Å². The number of aromatic nitrogens is 2. The van der Waals surface area contributed by atoms with Crippen LogP contribution in [0.1, 0.15) is 43.4 Å². The molecule has 0 aliphatic carbocycles. The Morgan fingerprint density at radius 2 is 1.86 bits per heavy atom. The average molecular weight is 492 g/mol. The Morgan fingerprint density at radius 1 is 1.08 bits per heavy atom. The lowest BCUT2D eigenvalue weighted by atomic mass is 10.0. The summed E-state index contributed by atoms with van der Waals surface area (Å²) in [5, 5.41) is 3.85. The third-order valence-corrected chi connectivity index (χ3v) is 7.44. The first kappa shape index (κ1) is 24.4. The number of ether oxygens (including phenoxy) is 1. The summed E-state index contributed by atoms with van der Waals surface area (Å²) < 4.78 is 19.2. The molecule has 1 aromatic heterocycles. The van der Waals surface area contributed by atoms with Crippen molar-refractivity contribution >= 4 is 28.4 Å². The van der Waals surface area contributed by atoms with Crippen LogP contribution in [0, 0.1) is 12.7 Å². The highest BCUT2D eigenvalue weighted by molar-refractivity contribution is 5.94. The number of hydrogen-bond acceptors (Lipinski definition) is 6. The molecule has 1 amide bonds. The van der Waals surface area contributed by atoms with Crippen LogP contribution < -0.4 is 15.0 Å². The fourth-order valence-electron chi connectivity index (χ4n) is 5.35. The van der Waals surface area contributed by atoms with Crippen LogP contribution in [0.5, 0.6) is 5.75 Å². The van der Waals surface area contributed by atoms with E-state index < -0.39 is 0 Å². The molecule has 36 heavy (non-hydrogen) atoms. The SMILES string of the molecule is COc1ccc(CCC(=O)Nc2ccc3nc(N4CCC(N5CCCC5)CC4)nc(C)c3c2)c(F)c1. The number of carbonyl (C=O) groups excluding carboxylic acids is 1. The van der Waals surface area contributed by atoms with E-state index in [4.69, 9.17) is 14.7 Å². The van der Waals surface area contributed by atoms with Crippen molar-refractivity contribution in [3.05, 3.63) is 53.5 Å². The highest BCUT2D eigenvalue weighted by Crippen LogP contribution is 2.27. The molecule has 0 bridgehead atoms. The lowest BCUT2D eigenvalue weighted by molar-refractivity contribution is -0.116. The molecule has 5 rings (SSSR count). The molecule has 2 saturated heterocycles. The molecule has 2 aliphatic rings. The number of hydrogen-bond donors (Lipinski definition) is 1. The summed E-state index contributed by atoms with van der Waals surface area (Å²) >= 11 is 0. The maximum Gasteiger partial charge on any atom is 0.226 e. The molecular weight excluding hydrogens is 457 g/mol. The monoisotopic (exact) mass is 491 g/mol. The summed E-state index contributed by atoms with van der Waals surface area (Å²) in [5.74, 6) is 0.722. The molecule has 0 saturated carbocycles. The molecule has 0 atom stereocenters. The molecule has 3 aromatic rings. The zero-order valence-corrected chi connectivity index (χ0v) is 21.1. The number of likely N-dealkylation sites (tertiary alicyclic amines) is 1. The van der Waals surface area contributed by atoms with Gasteiger partial charge in [0, 0.05) is 42.7 Å². The number of anilines is 2. The zero-order chi connectivity index (χ0) is 25.1. The van der Waals surface area contributed by atoms with Crippen LogP contribution in [0.2, 0.25) is 0 Å². The van der Waals surface area contributed by atoms with Crippen LogP contribution in [0.4, 0.5) is 16.0 Å². The Labute approximate surface area is 211 Å². The van der Waals surface area contributed by atoms with Crippen molar-refractivity contribution in [2.75, 3.05) is 43.5 Å². The maximum absolute atomic E-state index is 14.2. The molecule has 0 radical (unpaired) electrons. The van der Waals surface area contributed by atoms with Gasteiger partial charge in [-0.2, -0.15) is 0 Å². The summed E-state index contributed by atoms with van der Waals surface area (Å²) in [6.07, 6.45) is 5.48. The van der Waals surface area contributed by atoms with Gasteiger partial charge in [0.2, 0.25) is 11.9 Å². The van der Waals surface area contributed by atoms with Gasteiger partial charge in [0.25, 0.3) is 0 Å². The fourth-order valence-corrected chi connectivity index (χ4v) is 5.35. The second-order valence-corrected chi connectivity index (χ2v) is 9.81. The van der Waals surface area contributed by atoms with Crippen LogP contribution in [-0.4, -0.2) is 60.1 Å². The van der Waals surface area contributed by atoms with Crippen molar-refractivity contribution in [2.24, 2.45) is 0 Å². The van der Waals surface area contributed by atoms with Crippen LogP contribution in [0.3, 0.4) is 0 Å². The normalized spacial score (nSPS) is 17.0. The largest absolute Gasteiger partial charge is 0.497 e. The number of benzene rings is 2. The lowest BCUT2D eigenvalue weighted by Gasteiger charge is -2.36. The second-order valence-electron chi connectivity index (χ2n) is 9.81. The number of nitrogens with one attached hydrogen (secondary N) is 1. The second kappa shape index (κ2) is 10.8. The zero-order valence-electron chi connectivity index (χ0n) is 21.1. The van der Waals surface area contributed by atoms with Crippen LogP contribution >= 0.6 is 0 Å². The first-order valence-corrected chi connectivity index (χ1v) is 12.9. The van der Waals surface area contributed by atoms with Crippen molar-refractivity contribution in [3.8, 4) is 5.75 Å². The van der Waals surface area contributed by atoms with Crippen molar-refractivity contribution in [1.82, 2.24) is 14.9 Å². The lowest BCUT2D eigenvalue weighted by Crippen LogP contribution is -2.44. The van der Waals surface area contributed by atoms with E-state index in [0.717, 1.165) is 48.5 Å². The van der Waals surface area contributed by atoms with E-state index >= 15 is 0 Å². The number of aryl methyl sites for hydroxylation is 2. The van der Waals surface area contributed by atoms with Crippen LogP contribution in [-0.2, 0) is 11.2 Å². The van der Waals surface area contributed by atoms with E-state index in [0.29, 0.717) is 29.5 Å². The molecular formula is C28H34FN5O2. The van der Waals surface area contributed by atoms with Gasteiger partial charge in [-0.3, -0.25) is 4.79 Å². The predicted molar refractivity (Wildman–Crippen MR) is 140 cm³/mol. The quantitative estimate of drug-likeness (QED) is 0.516. The number of rotatable bonds is 7. The van der Waals surface area contributed by atoms with Crippen molar-refractivity contribution < 1.29 is 13.9 Å². The Kier molecular flexibility index (Phi) is 7.32. The molecule has 2 aliphatic heterocycles. The highest BCUT2D eigenvalue weighted by Gasteiger charge is 2.27. The van der Waals surface area contributed by atoms with Gasteiger partial charge < -0.3 is 19.9 Å². The Bertz CT molecular complexity index is 1240. The predicted octanol–water partition coefficient (Wildman–Crippen LogP) is 4.72. The topological polar surface area (TPSA) is 70.6 Å². The number of amides is 1. The van der Waals surface area contributed by atoms with E-state index in [1.54, 1.807) is 12.1 Å². The van der Waals surface area contributed by atoms with Gasteiger partial charge >= 0.3 is 0 Å². The maximum atomic E-state index is 14.2. The molecule has 2 aromatic carbocycles. The highest BCUT2D eigenvalue weighted by atomic mass is 19.1. The van der Waals surface area contributed by atoms with Gasteiger partial charge in [-0.1, -0.05) is 6.07 Å². The van der Waals surface area contributed by atoms with Crippen LogP contribution in [0.25, 0.3) is 10.9 Å². The van der Waals surface area contributed by atoms with Gasteiger partial charge in [-0.05, 0) is 81.9 Å². The summed E-state index contributed by atoms with van der Waals surface area (Å²) in [4.78, 5) is 27.1. The van der Waals surface area contributed by atoms with E-state index in [-0.39, 0.29) is 18.1 Å². The average Bonchev–Trinajstić information content (AvgIpc) is 3.43. The molecule has 0 spiro atoms. The number of fused-ring (bicyclic) bond motifs is 1. The number of methoxy groups -OCH3 is 1. The third kappa shape index (κ3) is 5.43. The number of carbonyl (C=O) groups is 1. The molecule has 190 valence electrons. The van der Waals surface area contributed by atoms with E-state index in [1.165, 1.54) is 39.1 Å². The van der Waals surface area contributed by atoms with E-state index in [9.17, 15) is 9.18 Å². The van der Waals surface area contributed by atoms with Crippen molar-refractivity contribution in [2.45, 2.75) is 51.5 Å². The van der Waals surface area contributed by atoms with E-state index in [1.807, 2.05) is 25.1 Å². The number of nitrogens with zero attached hydrogens (tertiary/aromatic N) is 4. The Hall–Kier alpha value is -3.26. The summed E-state index contributed by atoms with van der Waals surface area (Å²) in [5.41, 5.74) is 2.95. The number of halogens is 1. The molecule has 0 unspecified atom stereocenters. The minimum absolute atomic E-state index is 0.166. The number of piperidine rings is 1. The molecule has 7 nitrogen and oxygen atoms in total. The molecule has 2 fully saturated rings. The van der Waals surface area contributed by atoms with E-state index in [2.05, 4.69) is 15.1 Å². The first-order valence-electron chi connectivity index (χ1n) is 12.9. The Balaban J connectivity index is 1.21.